The van der Waals surface area contributed by atoms with Crippen LogP contribution in [0, 0.1) is 29.1 Å². The van der Waals surface area contributed by atoms with Crippen molar-refractivity contribution in [2.24, 2.45) is 29.1 Å². The molecule has 0 amide bonds. The first-order valence-corrected chi connectivity index (χ1v) is 17.2. The molecule has 0 aliphatic heterocycles. The summed E-state index contributed by atoms with van der Waals surface area (Å²) in [5.41, 5.74) is 2.42. The number of aliphatic carboxylic acids is 1. The Morgan fingerprint density at radius 2 is 1.50 bits per heavy atom. The third-order valence-corrected chi connectivity index (χ3v) is 11.8. The van der Waals surface area contributed by atoms with Crippen molar-refractivity contribution < 1.29 is 59.6 Å². The molecule has 7 atom stereocenters. The van der Waals surface area contributed by atoms with Gasteiger partial charge in [0.2, 0.25) is 0 Å². The molecule has 13 heteroatoms. The lowest BCUT2D eigenvalue weighted by atomic mass is 9.51. The van der Waals surface area contributed by atoms with Crippen LogP contribution >= 0.6 is 0 Å². The molecule has 3 N–H and O–H groups in total. The first-order chi connectivity index (χ1) is 22.2. The second-order valence-corrected chi connectivity index (χ2v) is 14.8. The lowest BCUT2D eigenvalue weighted by Crippen LogP contribution is -2.60. The van der Waals surface area contributed by atoms with Gasteiger partial charge in [-0.15, -0.1) is 0 Å². The number of phenols is 1. The molecule has 0 saturated heterocycles. The Bertz CT molecular complexity index is 1250. The molecular weight excluding hydrogens is 655 g/mol. The number of aromatic hydroxyl groups is 1. The van der Waals surface area contributed by atoms with Gasteiger partial charge in [-0.1, -0.05) is 51.5 Å². The molecule has 4 rings (SSSR count). The van der Waals surface area contributed by atoms with Crippen LogP contribution in [0.5, 0.6) is 5.75 Å². The van der Waals surface area contributed by atoms with Crippen LogP contribution in [0.25, 0.3) is 0 Å². The van der Waals surface area contributed by atoms with Gasteiger partial charge in [0, 0.05) is 6.42 Å². The lowest BCUT2D eigenvalue weighted by Gasteiger charge is -2.54. The van der Waals surface area contributed by atoms with E-state index in [1.165, 1.54) is 11.1 Å². The number of rotatable bonds is 16. The quantitative estimate of drug-likeness (QED) is 0.118. The average molecular weight is 703 g/mol. The largest absolute Gasteiger partial charge is 0.508 e. The minimum Gasteiger partial charge on any atom is -0.508 e. The fourth-order valence-corrected chi connectivity index (χ4v) is 9.16. The maximum Gasteiger partial charge on any atom is 0.460 e. The van der Waals surface area contributed by atoms with Crippen molar-refractivity contribution in [1.29, 1.82) is 0 Å². The summed E-state index contributed by atoms with van der Waals surface area (Å²) in [6.07, 6.45) is -0.294. The lowest BCUT2D eigenvalue weighted by molar-refractivity contribution is -0.396. The first kappa shape index (κ1) is 38.6. The van der Waals surface area contributed by atoms with Crippen LogP contribution in [-0.4, -0.2) is 51.3 Å². The number of carboxylic acids is 1. The van der Waals surface area contributed by atoms with Crippen molar-refractivity contribution in [3.8, 4) is 5.75 Å². The maximum atomic E-state index is 13.8. The molecular formula is C35H47F9O4. The van der Waals surface area contributed by atoms with E-state index in [9.17, 15) is 59.6 Å². The van der Waals surface area contributed by atoms with Gasteiger partial charge in [-0.05, 0) is 110 Å². The predicted molar refractivity (Wildman–Crippen MR) is 160 cm³/mol. The zero-order valence-corrected chi connectivity index (χ0v) is 27.2. The van der Waals surface area contributed by atoms with Crippen LogP contribution in [0.3, 0.4) is 0 Å². The van der Waals surface area contributed by atoms with Crippen LogP contribution in [0.1, 0.15) is 120 Å². The van der Waals surface area contributed by atoms with Gasteiger partial charge in [0.25, 0.3) is 0 Å². The summed E-state index contributed by atoms with van der Waals surface area (Å²) in [4.78, 5) is 11.6. The van der Waals surface area contributed by atoms with E-state index in [0.29, 0.717) is 36.5 Å². The van der Waals surface area contributed by atoms with Crippen LogP contribution in [0.2, 0.25) is 0 Å². The Morgan fingerprint density at radius 1 is 0.875 bits per heavy atom. The molecule has 0 aromatic heterocycles. The molecule has 1 aromatic rings. The Kier molecular flexibility index (Phi) is 11.7. The molecule has 2 fully saturated rings. The first-order valence-electron chi connectivity index (χ1n) is 17.2. The number of alkyl halides is 9. The SMILES string of the molecule is C[C@]12CC(CCCCCCCCC(CCCC(F)(F)C(F)(F)C(F)(F)C(F)(F)F)C(=O)O)[C@@H]3c4ccc(O)cc4CC[C@H]3[C@@H]1CC[C@@H]2O. The summed E-state index contributed by atoms with van der Waals surface area (Å²) in [6, 6.07) is 5.71. The molecule has 3 aliphatic rings. The van der Waals surface area contributed by atoms with Crippen molar-refractivity contribution >= 4 is 5.97 Å². The Balaban J connectivity index is 1.21. The number of fused-ring (bicyclic) bond motifs is 5. The smallest absolute Gasteiger partial charge is 0.460 e. The number of carbonyl (C=O) groups is 1. The standard InChI is InChI=1S/C35H47F9O4/c1-31-20-23(29-25-15-13-24(45)19-22(25)12-14-26(29)27(31)16-17-28(31)46)10-7-5-3-2-4-6-9-21(30(47)48)11-8-18-32(36,37)33(38,39)34(40,41)35(42,43)44/h13,15,19,21,23,26-29,45-46H,2-12,14,16-18,20H2,1H3,(H,47,48)/t21?,23?,26-,27-,28-,29+,31-/m0/s1. The van der Waals surface area contributed by atoms with E-state index in [-0.39, 0.29) is 23.7 Å². The van der Waals surface area contributed by atoms with Gasteiger partial charge in [0.1, 0.15) is 5.75 Å². The third-order valence-electron chi connectivity index (χ3n) is 11.8. The number of phenolic OH excluding ortho intramolecular Hbond substituents is 1. The molecule has 2 unspecified atom stereocenters. The number of unbranched alkanes of at least 4 members (excludes halogenated alkanes) is 5. The molecule has 3 aliphatic carbocycles. The molecule has 274 valence electrons. The van der Waals surface area contributed by atoms with Gasteiger partial charge < -0.3 is 15.3 Å². The van der Waals surface area contributed by atoms with Gasteiger partial charge in [-0.2, -0.15) is 39.5 Å². The van der Waals surface area contributed by atoms with Gasteiger partial charge in [0.05, 0.1) is 12.0 Å². The number of carboxylic acid groups (broad SMARTS) is 1. The Morgan fingerprint density at radius 3 is 2.15 bits per heavy atom. The van der Waals surface area contributed by atoms with E-state index >= 15 is 0 Å². The molecule has 2 saturated carbocycles. The van der Waals surface area contributed by atoms with Crippen molar-refractivity contribution in [2.45, 2.75) is 146 Å². The Hall–Kier alpha value is -2.18. The minimum atomic E-state index is -6.94. The second-order valence-electron chi connectivity index (χ2n) is 14.8. The van der Waals surface area contributed by atoms with E-state index in [1.807, 2.05) is 6.07 Å². The highest BCUT2D eigenvalue weighted by molar-refractivity contribution is 5.69. The van der Waals surface area contributed by atoms with Gasteiger partial charge >= 0.3 is 29.9 Å². The number of hydrogen-bond acceptors (Lipinski definition) is 3. The molecule has 0 radical (unpaired) electrons. The molecule has 1 aromatic carbocycles. The van der Waals surface area contributed by atoms with E-state index < -0.39 is 55.1 Å². The summed E-state index contributed by atoms with van der Waals surface area (Å²) in [7, 11) is 0. The average Bonchev–Trinajstić information content (AvgIpc) is 3.29. The topological polar surface area (TPSA) is 77.8 Å². The van der Waals surface area contributed by atoms with E-state index in [4.69, 9.17) is 0 Å². The minimum absolute atomic E-state index is 0.0399. The van der Waals surface area contributed by atoms with Crippen LogP contribution in [-0.2, 0) is 11.2 Å². The van der Waals surface area contributed by atoms with Crippen molar-refractivity contribution in [3.63, 3.8) is 0 Å². The molecule has 0 bridgehead atoms. The van der Waals surface area contributed by atoms with Crippen LogP contribution in [0.4, 0.5) is 39.5 Å². The predicted octanol–water partition coefficient (Wildman–Crippen LogP) is 10.3. The van der Waals surface area contributed by atoms with E-state index in [1.54, 1.807) is 6.07 Å². The fourth-order valence-electron chi connectivity index (χ4n) is 9.16. The monoisotopic (exact) mass is 702 g/mol. The molecule has 48 heavy (non-hydrogen) atoms. The summed E-state index contributed by atoms with van der Waals surface area (Å²) in [5, 5.41) is 30.4. The van der Waals surface area contributed by atoms with Gasteiger partial charge in [-0.3, -0.25) is 4.79 Å². The summed E-state index contributed by atoms with van der Waals surface area (Å²) in [6.45, 7) is 2.24. The van der Waals surface area contributed by atoms with Crippen molar-refractivity contribution in [3.05, 3.63) is 29.3 Å². The number of aliphatic hydroxyl groups excluding tert-OH is 1. The van der Waals surface area contributed by atoms with E-state index in [0.717, 1.165) is 64.2 Å². The Labute approximate surface area is 275 Å². The zero-order valence-electron chi connectivity index (χ0n) is 27.2. The van der Waals surface area contributed by atoms with Crippen molar-refractivity contribution in [2.75, 3.05) is 0 Å². The number of halogens is 9. The highest BCUT2D eigenvalue weighted by atomic mass is 19.4. The van der Waals surface area contributed by atoms with Crippen molar-refractivity contribution in [1.82, 2.24) is 0 Å². The number of aliphatic hydroxyl groups is 1. The normalized spacial score (nSPS) is 28.4. The summed E-state index contributed by atoms with van der Waals surface area (Å²) in [5.74, 6) is -19.9. The number of aryl methyl sites for hydroxylation is 1. The van der Waals surface area contributed by atoms with Gasteiger partial charge in [-0.25, -0.2) is 0 Å². The fraction of sp³-hybridized carbons (Fsp3) is 0.800. The van der Waals surface area contributed by atoms with Crippen LogP contribution in [0.15, 0.2) is 18.2 Å². The summed E-state index contributed by atoms with van der Waals surface area (Å²) >= 11 is 0. The second kappa shape index (κ2) is 14.6. The highest BCUT2D eigenvalue weighted by Gasteiger charge is 2.81. The molecule has 0 spiro atoms. The highest BCUT2D eigenvalue weighted by Crippen LogP contribution is 2.63. The molecule has 4 nitrogen and oxygen atoms in total. The van der Waals surface area contributed by atoms with E-state index in [2.05, 4.69) is 13.0 Å². The van der Waals surface area contributed by atoms with Crippen LogP contribution < -0.4 is 0 Å². The third kappa shape index (κ3) is 7.60. The number of benzene rings is 1. The summed E-state index contributed by atoms with van der Waals surface area (Å²) < 4.78 is 118. The molecule has 0 heterocycles. The van der Waals surface area contributed by atoms with Gasteiger partial charge in [0.15, 0.2) is 0 Å². The maximum absolute atomic E-state index is 13.8. The zero-order chi connectivity index (χ0) is 35.7. The number of hydrogen-bond donors (Lipinski definition) is 3.